The lowest BCUT2D eigenvalue weighted by Crippen LogP contribution is -2.64. The third-order valence-electron chi connectivity index (χ3n) is 15.9. The molecule has 1 saturated carbocycles. The van der Waals surface area contributed by atoms with Crippen LogP contribution in [0.5, 0.6) is 0 Å². The number of carbonyl (C=O) groups is 1. The van der Waals surface area contributed by atoms with Crippen molar-refractivity contribution in [3.8, 4) is 0 Å². The maximum Gasteiger partial charge on any atom is 0.472 e. The molecular formula is C61H122NO11P. The molecule has 1 rings (SSSR count). The summed E-state index contributed by atoms with van der Waals surface area (Å²) < 4.78 is 23.2. The van der Waals surface area contributed by atoms with E-state index in [0.717, 1.165) is 38.5 Å². The van der Waals surface area contributed by atoms with Gasteiger partial charge in [-0.05, 0) is 12.8 Å². The van der Waals surface area contributed by atoms with Gasteiger partial charge in [-0.15, -0.1) is 0 Å². The first-order chi connectivity index (χ1) is 35.9. The van der Waals surface area contributed by atoms with Gasteiger partial charge in [-0.3, -0.25) is 13.8 Å². The van der Waals surface area contributed by atoms with E-state index in [0.29, 0.717) is 19.3 Å². The summed E-state index contributed by atoms with van der Waals surface area (Å²) in [4.78, 5) is 23.6. The van der Waals surface area contributed by atoms with Crippen molar-refractivity contribution in [3.05, 3.63) is 0 Å². The molecule has 0 heterocycles. The Bertz CT molecular complexity index is 1250. The normalized spacial score (nSPS) is 20.7. The van der Waals surface area contributed by atoms with Gasteiger partial charge in [0.2, 0.25) is 5.91 Å². The van der Waals surface area contributed by atoms with Crippen LogP contribution in [0.25, 0.3) is 0 Å². The Morgan fingerprint density at radius 1 is 0.405 bits per heavy atom. The maximum absolute atomic E-state index is 13.1. The van der Waals surface area contributed by atoms with Gasteiger partial charge in [0.15, 0.2) is 0 Å². The number of carbonyl (C=O) groups excluding carboxylic acids is 1. The molecule has 1 aliphatic rings. The quantitative estimate of drug-likeness (QED) is 0.0212. The summed E-state index contributed by atoms with van der Waals surface area (Å²) in [5, 5.41) is 64.6. The Morgan fingerprint density at radius 3 is 0.932 bits per heavy atom. The van der Waals surface area contributed by atoms with Gasteiger partial charge in [-0.25, -0.2) is 4.57 Å². The van der Waals surface area contributed by atoms with E-state index in [1.165, 1.54) is 250 Å². The van der Waals surface area contributed by atoms with Gasteiger partial charge in [0.1, 0.15) is 36.6 Å². The highest BCUT2D eigenvalue weighted by molar-refractivity contribution is 7.47. The lowest BCUT2D eigenvalue weighted by Gasteiger charge is -2.41. The predicted molar refractivity (Wildman–Crippen MR) is 306 cm³/mol. The van der Waals surface area contributed by atoms with E-state index < -0.39 is 63.2 Å². The van der Waals surface area contributed by atoms with E-state index in [2.05, 4.69) is 19.2 Å². The van der Waals surface area contributed by atoms with E-state index >= 15 is 0 Å². The average molecular weight is 1080 g/mol. The zero-order chi connectivity index (χ0) is 54.2. The van der Waals surface area contributed by atoms with E-state index in [-0.39, 0.29) is 12.3 Å². The Kier molecular flexibility index (Phi) is 48.7. The number of unbranched alkanes of at least 4 members (excludes halogenated alkanes) is 45. The Hall–Kier alpha value is -0.660. The molecule has 6 unspecified atom stereocenters. The highest BCUT2D eigenvalue weighted by Crippen LogP contribution is 2.47. The molecule has 0 spiro atoms. The molecule has 1 fully saturated rings. The van der Waals surface area contributed by atoms with Crippen molar-refractivity contribution in [3.63, 3.8) is 0 Å². The monoisotopic (exact) mass is 1080 g/mol. The number of hydrogen-bond donors (Lipinski definition) is 8. The molecule has 0 radical (unpaired) electrons. The van der Waals surface area contributed by atoms with Crippen molar-refractivity contribution >= 4 is 13.7 Å². The second-order valence-corrected chi connectivity index (χ2v) is 24.4. The summed E-state index contributed by atoms with van der Waals surface area (Å²) in [7, 11) is -5.06. The maximum atomic E-state index is 13.1. The van der Waals surface area contributed by atoms with Crippen molar-refractivity contribution in [2.45, 2.75) is 377 Å². The van der Waals surface area contributed by atoms with Crippen LogP contribution in [-0.2, 0) is 18.4 Å². The van der Waals surface area contributed by atoms with Gasteiger partial charge < -0.3 is 40.8 Å². The van der Waals surface area contributed by atoms with E-state index in [4.69, 9.17) is 9.05 Å². The van der Waals surface area contributed by atoms with Gasteiger partial charge in [0, 0.05) is 6.42 Å². The molecule has 9 atom stereocenters. The topological polar surface area (TPSA) is 206 Å². The molecule has 0 bridgehead atoms. The van der Waals surface area contributed by atoms with Crippen molar-refractivity contribution in [2.75, 3.05) is 6.61 Å². The molecule has 12 nitrogen and oxygen atoms in total. The molecule has 8 N–H and O–H groups in total. The number of aliphatic hydroxyl groups excluding tert-OH is 6. The smallest absolute Gasteiger partial charge is 0.391 e. The third-order valence-corrected chi connectivity index (χ3v) is 16.9. The minimum Gasteiger partial charge on any atom is -0.391 e. The number of aliphatic hydroxyl groups is 6. The molecule has 74 heavy (non-hydrogen) atoms. The minimum atomic E-state index is -5.06. The Morgan fingerprint density at radius 2 is 0.649 bits per heavy atom. The van der Waals surface area contributed by atoms with Crippen LogP contribution in [0, 0.1) is 0 Å². The number of rotatable bonds is 56. The first-order valence-electron chi connectivity index (χ1n) is 32.0. The largest absolute Gasteiger partial charge is 0.472 e. The molecular weight excluding hydrogens is 954 g/mol. The van der Waals surface area contributed by atoms with Crippen LogP contribution in [0.3, 0.4) is 0 Å². The van der Waals surface area contributed by atoms with Gasteiger partial charge in [-0.1, -0.05) is 309 Å². The van der Waals surface area contributed by atoms with Crippen molar-refractivity contribution in [1.29, 1.82) is 0 Å². The van der Waals surface area contributed by atoms with Crippen LogP contribution < -0.4 is 5.32 Å². The number of phosphoric acid groups is 1. The average Bonchev–Trinajstić information content (AvgIpc) is 3.39. The minimum absolute atomic E-state index is 0.244. The van der Waals surface area contributed by atoms with Crippen molar-refractivity contribution < 1.29 is 53.9 Å². The first kappa shape index (κ1) is 71.4. The zero-order valence-corrected chi connectivity index (χ0v) is 49.1. The van der Waals surface area contributed by atoms with Crippen LogP contribution in [0.2, 0.25) is 0 Å². The molecule has 0 aliphatic heterocycles. The van der Waals surface area contributed by atoms with Crippen LogP contribution in [-0.4, -0.2) is 96.8 Å². The van der Waals surface area contributed by atoms with Crippen LogP contribution in [0.1, 0.15) is 328 Å². The van der Waals surface area contributed by atoms with E-state index in [1.807, 2.05) is 0 Å². The lowest BCUT2D eigenvalue weighted by molar-refractivity contribution is -0.220. The Labute approximate surface area is 455 Å². The fraction of sp³-hybridized carbons (Fsp3) is 0.984. The summed E-state index contributed by atoms with van der Waals surface area (Å²) >= 11 is 0. The Balaban J connectivity index is 2.22. The fourth-order valence-corrected chi connectivity index (χ4v) is 11.8. The SMILES string of the molecule is CCCCCCCCCCCCCCCCCCCCCCCCCCCCCCCCC(=O)N[C@@H](COP(=O)(O)OC1C(O)C(O)C(O)[C@@H](O)C1O)[C@H](O)CCCCCCCCCCCCCCCCCCC. The number of nitrogens with one attached hydrogen (secondary N) is 1. The molecule has 1 amide bonds. The van der Waals surface area contributed by atoms with Crippen LogP contribution >= 0.6 is 7.82 Å². The van der Waals surface area contributed by atoms with Gasteiger partial charge in [0.05, 0.1) is 18.8 Å². The predicted octanol–water partition coefficient (Wildman–Crippen LogP) is 15.3. The molecule has 1 aliphatic carbocycles. The summed E-state index contributed by atoms with van der Waals surface area (Å²) in [5.74, 6) is -0.299. The van der Waals surface area contributed by atoms with E-state index in [1.54, 1.807) is 0 Å². The summed E-state index contributed by atoms with van der Waals surface area (Å²) in [5.41, 5.74) is 0. The van der Waals surface area contributed by atoms with Gasteiger partial charge in [-0.2, -0.15) is 0 Å². The van der Waals surface area contributed by atoms with Crippen LogP contribution in [0.4, 0.5) is 0 Å². The van der Waals surface area contributed by atoms with Gasteiger partial charge in [0.25, 0.3) is 0 Å². The second-order valence-electron chi connectivity index (χ2n) is 23.0. The molecule has 0 aromatic heterocycles. The summed E-state index contributed by atoms with van der Waals surface area (Å²) in [6, 6.07) is -1.03. The molecule has 442 valence electrons. The summed E-state index contributed by atoms with van der Waals surface area (Å²) in [6.07, 6.45) is 48.7. The molecule has 13 heteroatoms. The van der Waals surface area contributed by atoms with Crippen LogP contribution in [0.15, 0.2) is 0 Å². The highest BCUT2D eigenvalue weighted by Gasteiger charge is 2.51. The number of amides is 1. The van der Waals surface area contributed by atoms with Crippen molar-refractivity contribution in [1.82, 2.24) is 5.32 Å². The summed E-state index contributed by atoms with van der Waals surface area (Å²) in [6.45, 7) is 3.96. The van der Waals surface area contributed by atoms with Gasteiger partial charge >= 0.3 is 7.82 Å². The standard InChI is InChI=1S/C61H122NO11P/c1-3-5-7-9-11-13-15-17-19-21-22-23-24-25-26-27-28-29-30-31-32-33-35-37-39-41-43-45-47-49-51-55(64)62-53(52-72-74(70,71)73-61-59(68)57(66)56(65)58(67)60(61)69)54(63)50-48-46-44-42-40-38-36-34-20-18-16-14-12-10-8-6-4-2/h53-54,56-61,63,65-69H,3-52H2,1-2H3,(H,62,64)(H,70,71)/t53-,54+,56?,57+,58?,59?,60?,61?/m0/s1. The molecule has 0 saturated heterocycles. The second kappa shape index (κ2) is 50.6. The zero-order valence-electron chi connectivity index (χ0n) is 48.2. The third kappa shape index (κ3) is 40.5. The first-order valence-corrected chi connectivity index (χ1v) is 33.5. The molecule has 0 aromatic rings. The highest BCUT2D eigenvalue weighted by atomic mass is 31.2. The van der Waals surface area contributed by atoms with Crippen molar-refractivity contribution in [2.24, 2.45) is 0 Å². The van der Waals surface area contributed by atoms with E-state index in [9.17, 15) is 44.9 Å². The number of hydrogen-bond acceptors (Lipinski definition) is 10. The number of phosphoric ester groups is 1. The fourth-order valence-electron chi connectivity index (χ4n) is 10.8. The lowest BCUT2D eigenvalue weighted by atomic mass is 9.85. The molecule has 0 aromatic carbocycles.